The summed E-state index contributed by atoms with van der Waals surface area (Å²) in [6, 6.07) is 4.27. The largest absolute Gasteiger partial charge is 0.478 e. The first-order chi connectivity index (χ1) is 9.47. The molecule has 0 saturated heterocycles. The lowest BCUT2D eigenvalue weighted by atomic mass is 10.1. The summed E-state index contributed by atoms with van der Waals surface area (Å²) in [7, 11) is 1.58. The van der Waals surface area contributed by atoms with Gasteiger partial charge in [0.1, 0.15) is 0 Å². The summed E-state index contributed by atoms with van der Waals surface area (Å²) in [6.07, 6.45) is 0.762. The summed E-state index contributed by atoms with van der Waals surface area (Å²) in [5.74, 6) is -0.982. The second-order valence-electron chi connectivity index (χ2n) is 4.49. The summed E-state index contributed by atoms with van der Waals surface area (Å²) < 4.78 is 5.00. The van der Waals surface area contributed by atoms with Gasteiger partial charge in [0.25, 0.3) is 0 Å². The number of hydrogen-bond acceptors (Lipinski definition) is 3. The van der Waals surface area contributed by atoms with E-state index in [-0.39, 0.29) is 17.6 Å². The van der Waals surface area contributed by atoms with Gasteiger partial charge in [0.05, 0.1) is 18.2 Å². The molecule has 0 aliphatic rings. The molecule has 0 spiro atoms. The lowest BCUT2D eigenvalue weighted by Crippen LogP contribution is -2.40. The zero-order valence-electron chi connectivity index (χ0n) is 11.9. The molecule has 3 N–H and O–H groups in total. The van der Waals surface area contributed by atoms with Crippen molar-refractivity contribution in [3.05, 3.63) is 29.3 Å². The molecule has 1 rings (SSSR count). The third-order valence-electron chi connectivity index (χ3n) is 2.91. The Morgan fingerprint density at radius 1 is 1.40 bits per heavy atom. The summed E-state index contributed by atoms with van der Waals surface area (Å²) >= 11 is 0. The van der Waals surface area contributed by atoms with Gasteiger partial charge in [-0.1, -0.05) is 6.92 Å². The molecular weight excluding hydrogens is 260 g/mol. The molecule has 0 saturated carbocycles. The van der Waals surface area contributed by atoms with Crippen LogP contribution in [0.5, 0.6) is 0 Å². The second-order valence-corrected chi connectivity index (χ2v) is 4.49. The van der Waals surface area contributed by atoms with Gasteiger partial charge < -0.3 is 20.5 Å². The molecule has 0 aliphatic heterocycles. The highest BCUT2D eigenvalue weighted by molar-refractivity contribution is 5.92. The molecule has 1 atom stereocenters. The van der Waals surface area contributed by atoms with Crippen LogP contribution >= 0.6 is 0 Å². The van der Waals surface area contributed by atoms with Crippen molar-refractivity contribution in [3.63, 3.8) is 0 Å². The number of urea groups is 1. The number of carbonyl (C=O) groups is 2. The number of rotatable bonds is 6. The fraction of sp³-hybridized carbons (Fsp3) is 0.429. The van der Waals surface area contributed by atoms with E-state index in [1.807, 2.05) is 6.92 Å². The maximum Gasteiger partial charge on any atom is 0.335 e. The topological polar surface area (TPSA) is 87.7 Å². The van der Waals surface area contributed by atoms with E-state index >= 15 is 0 Å². The van der Waals surface area contributed by atoms with Crippen LogP contribution in [0.3, 0.4) is 0 Å². The third-order valence-corrected chi connectivity index (χ3v) is 2.91. The number of amides is 2. The number of anilines is 1. The molecule has 0 radical (unpaired) electrons. The minimum atomic E-state index is -0.982. The molecule has 0 fully saturated rings. The first kappa shape index (κ1) is 16.0. The fourth-order valence-electron chi connectivity index (χ4n) is 1.80. The average Bonchev–Trinajstić information content (AvgIpc) is 2.37. The van der Waals surface area contributed by atoms with Crippen LogP contribution in [-0.2, 0) is 4.74 Å². The van der Waals surface area contributed by atoms with Crippen molar-refractivity contribution in [2.24, 2.45) is 0 Å². The van der Waals surface area contributed by atoms with Crippen molar-refractivity contribution in [3.8, 4) is 0 Å². The van der Waals surface area contributed by atoms with E-state index in [0.717, 1.165) is 6.42 Å². The van der Waals surface area contributed by atoms with Crippen molar-refractivity contribution < 1.29 is 19.4 Å². The number of carbonyl (C=O) groups excluding carboxylic acids is 1. The van der Waals surface area contributed by atoms with Gasteiger partial charge in [-0.05, 0) is 37.1 Å². The van der Waals surface area contributed by atoms with Gasteiger partial charge in [-0.2, -0.15) is 0 Å². The number of carboxylic acids is 1. The van der Waals surface area contributed by atoms with Crippen LogP contribution in [-0.4, -0.2) is 36.9 Å². The average molecular weight is 280 g/mol. The fourth-order valence-corrected chi connectivity index (χ4v) is 1.80. The van der Waals surface area contributed by atoms with Gasteiger partial charge in [-0.15, -0.1) is 0 Å². The van der Waals surface area contributed by atoms with Crippen molar-refractivity contribution in [2.75, 3.05) is 19.0 Å². The van der Waals surface area contributed by atoms with Crippen LogP contribution in [0.15, 0.2) is 18.2 Å². The third kappa shape index (κ3) is 4.55. The van der Waals surface area contributed by atoms with Gasteiger partial charge >= 0.3 is 12.0 Å². The Labute approximate surface area is 118 Å². The molecule has 0 aliphatic carbocycles. The number of nitrogens with one attached hydrogen (secondary N) is 2. The van der Waals surface area contributed by atoms with E-state index < -0.39 is 5.97 Å². The van der Waals surface area contributed by atoms with E-state index in [2.05, 4.69) is 10.6 Å². The Morgan fingerprint density at radius 3 is 2.60 bits per heavy atom. The molecule has 1 aromatic rings. The van der Waals surface area contributed by atoms with Crippen LogP contribution in [0.2, 0.25) is 0 Å². The number of methoxy groups -OCH3 is 1. The highest BCUT2D eigenvalue weighted by atomic mass is 16.5. The lowest BCUT2D eigenvalue weighted by molar-refractivity contribution is 0.0696. The number of carboxylic acid groups (broad SMARTS) is 1. The van der Waals surface area contributed by atoms with Gasteiger partial charge in [0.2, 0.25) is 0 Å². The lowest BCUT2D eigenvalue weighted by Gasteiger charge is -2.16. The predicted octanol–water partition coefficient (Wildman–Crippen LogP) is 2.24. The SMILES string of the molecule is CCC(COC)NC(=O)Nc1ccc(C(=O)O)c(C)c1. The Kier molecular flexibility index (Phi) is 5.99. The van der Waals surface area contributed by atoms with Crippen LogP contribution in [0.1, 0.15) is 29.3 Å². The minimum Gasteiger partial charge on any atom is -0.478 e. The highest BCUT2D eigenvalue weighted by Crippen LogP contribution is 2.15. The van der Waals surface area contributed by atoms with E-state index in [9.17, 15) is 9.59 Å². The highest BCUT2D eigenvalue weighted by Gasteiger charge is 2.11. The molecular formula is C14H20N2O4. The van der Waals surface area contributed by atoms with Crippen molar-refractivity contribution >= 4 is 17.7 Å². The minimum absolute atomic E-state index is 0.0561. The zero-order valence-corrected chi connectivity index (χ0v) is 11.9. The van der Waals surface area contributed by atoms with Gasteiger partial charge in [0, 0.05) is 12.8 Å². The molecule has 2 amide bonds. The monoisotopic (exact) mass is 280 g/mol. The van der Waals surface area contributed by atoms with E-state index in [4.69, 9.17) is 9.84 Å². The zero-order chi connectivity index (χ0) is 15.1. The van der Waals surface area contributed by atoms with Crippen LogP contribution < -0.4 is 10.6 Å². The number of aromatic carboxylic acids is 1. The van der Waals surface area contributed by atoms with Crippen LogP contribution in [0.25, 0.3) is 0 Å². The summed E-state index contributed by atoms with van der Waals surface area (Å²) in [5, 5.41) is 14.4. The molecule has 0 bridgehead atoms. The molecule has 0 aromatic heterocycles. The number of ether oxygens (including phenoxy) is 1. The van der Waals surface area contributed by atoms with E-state index in [1.54, 1.807) is 26.2 Å². The maximum absolute atomic E-state index is 11.8. The molecule has 1 unspecified atom stereocenters. The van der Waals surface area contributed by atoms with E-state index in [1.165, 1.54) is 6.07 Å². The Morgan fingerprint density at radius 2 is 2.10 bits per heavy atom. The number of benzene rings is 1. The van der Waals surface area contributed by atoms with Crippen molar-refractivity contribution in [1.29, 1.82) is 0 Å². The molecule has 1 aromatic carbocycles. The Bertz CT molecular complexity index is 488. The smallest absolute Gasteiger partial charge is 0.335 e. The van der Waals surface area contributed by atoms with Gasteiger partial charge in [-0.25, -0.2) is 9.59 Å². The molecule has 6 nitrogen and oxygen atoms in total. The van der Waals surface area contributed by atoms with E-state index in [0.29, 0.717) is 17.9 Å². The van der Waals surface area contributed by atoms with Crippen LogP contribution in [0, 0.1) is 6.92 Å². The first-order valence-electron chi connectivity index (χ1n) is 6.38. The number of hydrogen-bond donors (Lipinski definition) is 3. The van der Waals surface area contributed by atoms with Crippen molar-refractivity contribution in [1.82, 2.24) is 5.32 Å². The molecule has 0 heterocycles. The number of aryl methyl sites for hydroxylation is 1. The summed E-state index contributed by atoms with van der Waals surface area (Å²) in [4.78, 5) is 22.7. The first-order valence-corrected chi connectivity index (χ1v) is 6.38. The van der Waals surface area contributed by atoms with Crippen molar-refractivity contribution in [2.45, 2.75) is 26.3 Å². The summed E-state index contributed by atoms with van der Waals surface area (Å²) in [6.45, 7) is 4.09. The Hall–Kier alpha value is -2.08. The van der Waals surface area contributed by atoms with Gasteiger partial charge in [-0.3, -0.25) is 0 Å². The maximum atomic E-state index is 11.8. The predicted molar refractivity (Wildman–Crippen MR) is 76.2 cm³/mol. The molecule has 110 valence electrons. The normalized spacial score (nSPS) is 11.8. The van der Waals surface area contributed by atoms with Crippen LogP contribution in [0.4, 0.5) is 10.5 Å². The molecule has 6 heteroatoms. The second kappa shape index (κ2) is 7.49. The quantitative estimate of drug-likeness (QED) is 0.745. The molecule has 20 heavy (non-hydrogen) atoms. The Balaban J connectivity index is 2.66. The summed E-state index contributed by atoms with van der Waals surface area (Å²) in [5.41, 5.74) is 1.37. The van der Waals surface area contributed by atoms with Gasteiger partial charge in [0.15, 0.2) is 0 Å². The standard InChI is InChI=1S/C14H20N2O4/c1-4-10(8-20-3)15-14(19)16-11-5-6-12(13(17)18)9(2)7-11/h5-7,10H,4,8H2,1-3H3,(H,17,18)(H2,15,16,19).